The predicted molar refractivity (Wildman–Crippen MR) is 60.1 cm³/mol. The fourth-order valence-electron chi connectivity index (χ4n) is 1.09. The Morgan fingerprint density at radius 3 is 3.13 bits per heavy atom. The van der Waals surface area contributed by atoms with Crippen LogP contribution in [0.15, 0.2) is 17.5 Å². The first-order valence-electron chi connectivity index (χ1n) is 4.74. The Morgan fingerprint density at radius 2 is 2.53 bits per heavy atom. The lowest BCUT2D eigenvalue weighted by Crippen LogP contribution is -2.20. The highest BCUT2D eigenvalue weighted by Gasteiger charge is 2.08. The molecule has 1 unspecified atom stereocenters. The molecule has 1 heterocycles. The molecule has 0 fully saturated rings. The van der Waals surface area contributed by atoms with Gasteiger partial charge in [-0.25, -0.2) is 0 Å². The van der Waals surface area contributed by atoms with E-state index < -0.39 is 6.10 Å². The van der Waals surface area contributed by atoms with Crippen molar-refractivity contribution in [3.05, 3.63) is 17.5 Å². The van der Waals surface area contributed by atoms with E-state index >= 15 is 0 Å². The number of carbonyl (C=O) groups is 1. The van der Waals surface area contributed by atoms with Crippen LogP contribution in [0.25, 0.3) is 0 Å². The van der Waals surface area contributed by atoms with Gasteiger partial charge in [-0.15, -0.1) is 11.3 Å². The number of rotatable bonds is 6. The molecule has 1 atom stereocenters. The predicted octanol–water partition coefficient (Wildman–Crippen LogP) is 1.47. The minimum Gasteiger partial charge on any atom is -0.469 e. The molecule has 0 aliphatic rings. The Hall–Kier alpha value is -1.07. The molecule has 1 rings (SSSR count). The molecule has 4 nitrogen and oxygen atoms in total. The molecule has 0 aromatic carbocycles. The van der Waals surface area contributed by atoms with Crippen LogP contribution in [0.2, 0.25) is 0 Å². The number of thiophene rings is 1. The zero-order valence-corrected chi connectivity index (χ0v) is 9.42. The van der Waals surface area contributed by atoms with E-state index in [-0.39, 0.29) is 12.4 Å². The molecule has 5 heteroatoms. The summed E-state index contributed by atoms with van der Waals surface area (Å²) < 4.78 is 4.48. The van der Waals surface area contributed by atoms with E-state index in [0.29, 0.717) is 13.0 Å². The SMILES string of the molecule is COC(=O)CCC(O)CNc1cccs1. The third-order valence-electron chi connectivity index (χ3n) is 1.94. The molecule has 0 radical (unpaired) electrons. The third kappa shape index (κ3) is 4.80. The summed E-state index contributed by atoms with van der Waals surface area (Å²) in [5, 5.41) is 15.6. The van der Waals surface area contributed by atoms with Gasteiger partial charge in [0.15, 0.2) is 0 Å². The summed E-state index contributed by atoms with van der Waals surface area (Å²) in [6.45, 7) is 0.456. The first-order chi connectivity index (χ1) is 7.22. The quantitative estimate of drug-likeness (QED) is 0.725. The van der Waals surface area contributed by atoms with Crippen LogP contribution in [0, 0.1) is 0 Å². The molecule has 2 N–H and O–H groups in total. The fourth-order valence-corrected chi connectivity index (χ4v) is 1.71. The molecule has 0 saturated carbocycles. The number of carbonyl (C=O) groups excluding carboxylic acids is 1. The monoisotopic (exact) mass is 229 g/mol. The molecule has 0 aliphatic carbocycles. The van der Waals surface area contributed by atoms with Crippen molar-refractivity contribution >= 4 is 22.3 Å². The maximum absolute atomic E-state index is 10.8. The summed E-state index contributed by atoms with van der Waals surface area (Å²) in [6.07, 6.45) is 0.153. The number of methoxy groups -OCH3 is 1. The average Bonchev–Trinajstić information content (AvgIpc) is 2.75. The molecule has 0 spiro atoms. The molecule has 0 aliphatic heterocycles. The Bertz CT molecular complexity index is 287. The zero-order chi connectivity index (χ0) is 11.1. The number of ether oxygens (including phenoxy) is 1. The van der Waals surface area contributed by atoms with Gasteiger partial charge in [0, 0.05) is 13.0 Å². The van der Waals surface area contributed by atoms with Gasteiger partial charge in [0.25, 0.3) is 0 Å². The lowest BCUT2D eigenvalue weighted by atomic mass is 10.2. The van der Waals surface area contributed by atoms with Gasteiger partial charge < -0.3 is 15.2 Å². The second kappa shape index (κ2) is 6.42. The minimum absolute atomic E-state index is 0.254. The first kappa shape index (κ1) is 12.0. The number of anilines is 1. The maximum atomic E-state index is 10.8. The van der Waals surface area contributed by atoms with E-state index in [4.69, 9.17) is 0 Å². The zero-order valence-electron chi connectivity index (χ0n) is 8.60. The lowest BCUT2D eigenvalue weighted by molar-refractivity contribution is -0.141. The summed E-state index contributed by atoms with van der Waals surface area (Å²) in [5.74, 6) is -0.287. The molecular formula is C10H15NO3S. The Morgan fingerprint density at radius 1 is 1.73 bits per heavy atom. The van der Waals surface area contributed by atoms with Crippen LogP contribution in [-0.4, -0.2) is 30.8 Å². The number of hydrogen-bond donors (Lipinski definition) is 2. The van der Waals surface area contributed by atoms with Crippen LogP contribution in [0.1, 0.15) is 12.8 Å². The van der Waals surface area contributed by atoms with Gasteiger partial charge in [-0.05, 0) is 23.9 Å². The molecule has 15 heavy (non-hydrogen) atoms. The number of esters is 1. The Kier molecular flexibility index (Phi) is 5.14. The van der Waals surface area contributed by atoms with Crippen molar-refractivity contribution < 1.29 is 14.6 Å². The summed E-state index contributed by atoms with van der Waals surface area (Å²) in [4.78, 5) is 10.8. The largest absolute Gasteiger partial charge is 0.469 e. The van der Waals surface area contributed by atoms with Crippen molar-refractivity contribution in [3.63, 3.8) is 0 Å². The summed E-state index contributed by atoms with van der Waals surface area (Å²) in [6, 6.07) is 3.88. The molecule has 1 aromatic heterocycles. The highest BCUT2D eigenvalue weighted by atomic mass is 32.1. The van der Waals surface area contributed by atoms with Gasteiger partial charge in [-0.2, -0.15) is 0 Å². The van der Waals surface area contributed by atoms with Crippen molar-refractivity contribution in [3.8, 4) is 0 Å². The summed E-state index contributed by atoms with van der Waals surface area (Å²) in [7, 11) is 1.35. The summed E-state index contributed by atoms with van der Waals surface area (Å²) in [5.41, 5.74) is 0. The highest BCUT2D eigenvalue weighted by molar-refractivity contribution is 7.14. The van der Waals surface area contributed by atoms with Crippen LogP contribution in [-0.2, 0) is 9.53 Å². The average molecular weight is 229 g/mol. The summed E-state index contributed by atoms with van der Waals surface area (Å²) >= 11 is 1.58. The molecule has 0 saturated heterocycles. The molecule has 84 valence electrons. The van der Waals surface area contributed by atoms with Gasteiger partial charge >= 0.3 is 5.97 Å². The number of aliphatic hydroxyl groups excluding tert-OH is 1. The molecule has 0 bridgehead atoms. The number of aliphatic hydroxyl groups is 1. The molecular weight excluding hydrogens is 214 g/mol. The van der Waals surface area contributed by atoms with E-state index in [1.54, 1.807) is 11.3 Å². The minimum atomic E-state index is -0.522. The van der Waals surface area contributed by atoms with Crippen LogP contribution in [0.3, 0.4) is 0 Å². The van der Waals surface area contributed by atoms with Crippen LogP contribution >= 0.6 is 11.3 Å². The lowest BCUT2D eigenvalue weighted by Gasteiger charge is -2.10. The molecule has 0 amide bonds. The van der Waals surface area contributed by atoms with Crippen LogP contribution in [0.5, 0.6) is 0 Å². The Balaban J connectivity index is 2.13. The van der Waals surface area contributed by atoms with Gasteiger partial charge in [0.05, 0.1) is 18.2 Å². The Labute approximate surface area is 92.9 Å². The van der Waals surface area contributed by atoms with E-state index in [2.05, 4.69) is 10.1 Å². The van der Waals surface area contributed by atoms with Crippen molar-refractivity contribution in [1.29, 1.82) is 0 Å². The van der Waals surface area contributed by atoms with E-state index in [1.165, 1.54) is 7.11 Å². The first-order valence-corrected chi connectivity index (χ1v) is 5.62. The van der Waals surface area contributed by atoms with Crippen molar-refractivity contribution in [2.45, 2.75) is 18.9 Å². The maximum Gasteiger partial charge on any atom is 0.305 e. The normalized spacial score (nSPS) is 12.1. The van der Waals surface area contributed by atoms with Crippen molar-refractivity contribution in [2.75, 3.05) is 19.0 Å². The smallest absolute Gasteiger partial charge is 0.305 e. The van der Waals surface area contributed by atoms with E-state index in [1.807, 2.05) is 17.5 Å². The van der Waals surface area contributed by atoms with Gasteiger partial charge in [0.1, 0.15) is 0 Å². The van der Waals surface area contributed by atoms with Crippen LogP contribution < -0.4 is 5.32 Å². The van der Waals surface area contributed by atoms with Gasteiger partial charge in [-0.3, -0.25) is 4.79 Å². The molecule has 1 aromatic rings. The van der Waals surface area contributed by atoms with Crippen LogP contribution in [0.4, 0.5) is 5.00 Å². The topological polar surface area (TPSA) is 58.6 Å². The second-order valence-electron chi connectivity index (χ2n) is 3.13. The number of hydrogen-bond acceptors (Lipinski definition) is 5. The van der Waals surface area contributed by atoms with E-state index in [9.17, 15) is 9.90 Å². The van der Waals surface area contributed by atoms with E-state index in [0.717, 1.165) is 5.00 Å². The fraction of sp³-hybridized carbons (Fsp3) is 0.500. The van der Waals surface area contributed by atoms with Gasteiger partial charge in [0.2, 0.25) is 0 Å². The number of nitrogens with one attached hydrogen (secondary N) is 1. The second-order valence-corrected chi connectivity index (χ2v) is 4.07. The standard InChI is InChI=1S/C10H15NO3S/c1-14-10(13)5-4-8(12)7-11-9-3-2-6-15-9/h2-3,6,8,11-12H,4-5,7H2,1H3. The highest BCUT2D eigenvalue weighted by Crippen LogP contribution is 2.14. The van der Waals surface area contributed by atoms with Crippen molar-refractivity contribution in [1.82, 2.24) is 0 Å². The van der Waals surface area contributed by atoms with Crippen molar-refractivity contribution in [2.24, 2.45) is 0 Å². The third-order valence-corrected chi connectivity index (χ3v) is 2.77. The van der Waals surface area contributed by atoms with Gasteiger partial charge in [-0.1, -0.05) is 0 Å².